The van der Waals surface area contributed by atoms with E-state index < -0.39 is 17.6 Å². The van der Waals surface area contributed by atoms with Gasteiger partial charge in [0.2, 0.25) is 5.91 Å². The Morgan fingerprint density at radius 2 is 2.18 bits per heavy atom. The van der Waals surface area contributed by atoms with E-state index in [0.29, 0.717) is 13.0 Å². The number of likely N-dealkylation sites (tertiary alicyclic amines) is 1. The maximum atomic E-state index is 11.9. The zero-order valence-electron chi connectivity index (χ0n) is 10.1. The Kier molecular flexibility index (Phi) is 4.47. The zero-order valence-corrected chi connectivity index (χ0v) is 10.1. The van der Waals surface area contributed by atoms with Gasteiger partial charge >= 0.3 is 5.97 Å². The van der Waals surface area contributed by atoms with Crippen LogP contribution in [0.5, 0.6) is 0 Å². The van der Waals surface area contributed by atoms with Crippen LogP contribution in [0.4, 0.5) is 0 Å². The van der Waals surface area contributed by atoms with Crippen molar-refractivity contribution in [3.05, 3.63) is 0 Å². The number of carboxylic acid groups (broad SMARTS) is 1. The van der Waals surface area contributed by atoms with Crippen LogP contribution in [0.2, 0.25) is 0 Å². The first-order chi connectivity index (χ1) is 7.82. The summed E-state index contributed by atoms with van der Waals surface area (Å²) in [5.74, 6) is -1.23. The summed E-state index contributed by atoms with van der Waals surface area (Å²) < 4.78 is 0. The molecule has 1 heterocycles. The fourth-order valence-corrected chi connectivity index (χ4v) is 2.05. The number of aliphatic carboxylic acids is 1. The first-order valence-electron chi connectivity index (χ1n) is 5.80. The molecule has 0 bridgehead atoms. The van der Waals surface area contributed by atoms with Gasteiger partial charge in [0.15, 0.2) is 0 Å². The van der Waals surface area contributed by atoms with Crippen molar-refractivity contribution in [1.82, 2.24) is 4.90 Å². The van der Waals surface area contributed by atoms with Gasteiger partial charge in [-0.25, -0.2) is 0 Å². The second-order valence-electron chi connectivity index (χ2n) is 4.90. The third kappa shape index (κ3) is 4.32. The van der Waals surface area contributed by atoms with E-state index in [0.717, 1.165) is 6.42 Å². The lowest BCUT2D eigenvalue weighted by atomic mass is 9.94. The summed E-state index contributed by atoms with van der Waals surface area (Å²) in [6.07, 6.45) is 1.43. The fraction of sp³-hybridized carbons (Fsp3) is 0.818. The van der Waals surface area contributed by atoms with E-state index in [4.69, 9.17) is 10.8 Å². The Balaban J connectivity index is 2.48. The molecule has 0 saturated carbocycles. The third-order valence-corrected chi connectivity index (χ3v) is 2.97. The van der Waals surface area contributed by atoms with Crippen LogP contribution < -0.4 is 5.73 Å². The number of carboxylic acids is 1. The van der Waals surface area contributed by atoms with Gasteiger partial charge in [0.05, 0.1) is 11.6 Å². The number of amides is 1. The van der Waals surface area contributed by atoms with Gasteiger partial charge in [-0.15, -0.1) is 0 Å². The minimum Gasteiger partial charge on any atom is -0.481 e. The Labute approximate surface area is 100 Å². The molecule has 98 valence electrons. The van der Waals surface area contributed by atoms with Crippen LogP contribution in [0.1, 0.15) is 32.6 Å². The number of rotatable bonds is 4. The molecule has 0 aromatic carbocycles. The lowest BCUT2D eigenvalue weighted by Crippen LogP contribution is -2.53. The largest absolute Gasteiger partial charge is 0.481 e. The van der Waals surface area contributed by atoms with Crippen molar-refractivity contribution < 1.29 is 19.8 Å². The Morgan fingerprint density at radius 3 is 2.71 bits per heavy atom. The van der Waals surface area contributed by atoms with Crippen molar-refractivity contribution in [2.24, 2.45) is 5.73 Å². The number of nitrogens with zero attached hydrogens (tertiary/aromatic N) is 1. The number of carbonyl (C=O) groups excluding carboxylic acids is 1. The summed E-state index contributed by atoms with van der Waals surface area (Å²) in [5, 5.41) is 18.4. The van der Waals surface area contributed by atoms with E-state index >= 15 is 0 Å². The number of piperidine rings is 1. The molecule has 1 rings (SSSR count). The van der Waals surface area contributed by atoms with Crippen LogP contribution in [0.15, 0.2) is 0 Å². The SMILES string of the molecule is CC1(O)CCCN(C(=O)C(N)CCC(=O)O)C1. The summed E-state index contributed by atoms with van der Waals surface area (Å²) in [4.78, 5) is 23.8. The quantitative estimate of drug-likeness (QED) is 0.621. The molecule has 1 amide bonds. The van der Waals surface area contributed by atoms with Gasteiger partial charge in [0, 0.05) is 19.5 Å². The highest BCUT2D eigenvalue weighted by atomic mass is 16.4. The van der Waals surface area contributed by atoms with Crippen LogP contribution in [-0.2, 0) is 9.59 Å². The smallest absolute Gasteiger partial charge is 0.303 e. The van der Waals surface area contributed by atoms with Crippen molar-refractivity contribution >= 4 is 11.9 Å². The summed E-state index contributed by atoms with van der Waals surface area (Å²) in [5.41, 5.74) is 4.79. The molecule has 6 heteroatoms. The van der Waals surface area contributed by atoms with E-state index in [-0.39, 0.29) is 25.3 Å². The summed E-state index contributed by atoms with van der Waals surface area (Å²) >= 11 is 0. The molecule has 1 aliphatic rings. The molecule has 0 aliphatic carbocycles. The molecule has 1 saturated heterocycles. The summed E-state index contributed by atoms with van der Waals surface area (Å²) in [6, 6.07) is -0.792. The van der Waals surface area contributed by atoms with E-state index in [1.807, 2.05) is 0 Å². The lowest BCUT2D eigenvalue weighted by molar-refractivity contribution is -0.140. The number of β-amino-alcohol motifs (C(OH)–C–C–N with tert-alkyl or cyclic N) is 1. The van der Waals surface area contributed by atoms with E-state index in [2.05, 4.69) is 0 Å². The van der Waals surface area contributed by atoms with Crippen molar-refractivity contribution in [1.29, 1.82) is 0 Å². The van der Waals surface area contributed by atoms with Crippen LogP contribution in [0.3, 0.4) is 0 Å². The van der Waals surface area contributed by atoms with Crippen molar-refractivity contribution in [2.75, 3.05) is 13.1 Å². The highest BCUT2D eigenvalue weighted by Crippen LogP contribution is 2.20. The maximum absolute atomic E-state index is 11.9. The molecular weight excluding hydrogens is 224 g/mol. The third-order valence-electron chi connectivity index (χ3n) is 2.97. The predicted molar refractivity (Wildman–Crippen MR) is 61.3 cm³/mol. The molecule has 4 N–H and O–H groups in total. The van der Waals surface area contributed by atoms with E-state index in [1.54, 1.807) is 6.92 Å². The van der Waals surface area contributed by atoms with Crippen LogP contribution in [0, 0.1) is 0 Å². The first kappa shape index (κ1) is 13.9. The van der Waals surface area contributed by atoms with Crippen LogP contribution >= 0.6 is 0 Å². The Hall–Kier alpha value is -1.14. The number of carbonyl (C=O) groups is 2. The maximum Gasteiger partial charge on any atom is 0.303 e. The average Bonchev–Trinajstić information content (AvgIpc) is 2.23. The predicted octanol–water partition coefficient (Wildman–Crippen LogP) is -0.448. The van der Waals surface area contributed by atoms with Crippen molar-refractivity contribution in [2.45, 2.75) is 44.2 Å². The molecule has 0 spiro atoms. The molecule has 2 atom stereocenters. The lowest BCUT2D eigenvalue weighted by Gasteiger charge is -2.37. The van der Waals surface area contributed by atoms with Gasteiger partial charge in [0.1, 0.15) is 0 Å². The van der Waals surface area contributed by atoms with E-state index in [1.165, 1.54) is 4.90 Å². The second-order valence-corrected chi connectivity index (χ2v) is 4.90. The fourth-order valence-electron chi connectivity index (χ4n) is 2.05. The average molecular weight is 244 g/mol. The van der Waals surface area contributed by atoms with Crippen molar-refractivity contribution in [3.63, 3.8) is 0 Å². The van der Waals surface area contributed by atoms with Crippen LogP contribution in [0.25, 0.3) is 0 Å². The van der Waals surface area contributed by atoms with Gasteiger partial charge < -0.3 is 20.8 Å². The summed E-state index contributed by atoms with van der Waals surface area (Å²) in [7, 11) is 0. The monoisotopic (exact) mass is 244 g/mol. The standard InChI is InChI=1S/C11H20N2O4/c1-11(17)5-2-6-13(7-11)10(16)8(12)3-4-9(14)15/h8,17H,2-7,12H2,1H3,(H,14,15). The normalized spacial score (nSPS) is 26.6. The van der Waals surface area contributed by atoms with Gasteiger partial charge in [0.25, 0.3) is 0 Å². The molecular formula is C11H20N2O4. The molecule has 2 unspecified atom stereocenters. The minimum atomic E-state index is -0.959. The minimum absolute atomic E-state index is 0.114. The van der Waals surface area contributed by atoms with E-state index in [9.17, 15) is 14.7 Å². The highest BCUT2D eigenvalue weighted by Gasteiger charge is 2.32. The van der Waals surface area contributed by atoms with Gasteiger partial charge in [-0.1, -0.05) is 0 Å². The van der Waals surface area contributed by atoms with Gasteiger partial charge in [-0.05, 0) is 26.2 Å². The first-order valence-corrected chi connectivity index (χ1v) is 5.80. The van der Waals surface area contributed by atoms with Crippen LogP contribution in [-0.4, -0.2) is 51.7 Å². The number of nitrogens with two attached hydrogens (primary N) is 1. The molecule has 17 heavy (non-hydrogen) atoms. The molecule has 0 radical (unpaired) electrons. The zero-order chi connectivity index (χ0) is 13.1. The van der Waals surface area contributed by atoms with Gasteiger partial charge in [-0.2, -0.15) is 0 Å². The molecule has 0 aromatic heterocycles. The van der Waals surface area contributed by atoms with Crippen molar-refractivity contribution in [3.8, 4) is 0 Å². The number of hydrogen-bond donors (Lipinski definition) is 3. The Morgan fingerprint density at radius 1 is 1.53 bits per heavy atom. The number of aliphatic hydroxyl groups is 1. The molecule has 6 nitrogen and oxygen atoms in total. The summed E-state index contributed by atoms with van der Waals surface area (Å²) in [6.45, 7) is 2.54. The second kappa shape index (κ2) is 5.46. The number of hydrogen-bond acceptors (Lipinski definition) is 4. The highest BCUT2D eigenvalue weighted by molar-refractivity contribution is 5.82. The Bertz CT molecular complexity index is 304. The molecule has 0 aromatic rings. The molecule has 1 fully saturated rings. The molecule has 1 aliphatic heterocycles. The van der Waals surface area contributed by atoms with Gasteiger partial charge in [-0.3, -0.25) is 9.59 Å². The topological polar surface area (TPSA) is 104 Å².